The predicted octanol–water partition coefficient (Wildman–Crippen LogP) is -0.623. The summed E-state index contributed by atoms with van der Waals surface area (Å²) >= 11 is 0. The van der Waals surface area contributed by atoms with Gasteiger partial charge in [-0.2, -0.15) is 0 Å². The minimum absolute atomic E-state index is 0.235. The van der Waals surface area contributed by atoms with Crippen molar-refractivity contribution in [1.29, 1.82) is 0 Å². The molecule has 1 aromatic heterocycles. The van der Waals surface area contributed by atoms with Gasteiger partial charge in [-0.05, 0) is 31.8 Å². The van der Waals surface area contributed by atoms with E-state index in [2.05, 4.69) is 15.6 Å². The van der Waals surface area contributed by atoms with Crippen LogP contribution in [0.25, 0.3) is 0 Å². The largest absolute Gasteiger partial charge is 0.364 e. The number of primary amides is 1. The average Bonchev–Trinajstić information content (AvgIpc) is 2.68. The number of piperidine rings is 1. The van der Waals surface area contributed by atoms with Crippen molar-refractivity contribution in [3.05, 3.63) is 11.9 Å². The maximum atomic E-state index is 10.8. The van der Waals surface area contributed by atoms with Gasteiger partial charge in [0.15, 0.2) is 5.69 Å². The van der Waals surface area contributed by atoms with Gasteiger partial charge in [-0.1, -0.05) is 5.21 Å². The fraction of sp³-hybridized carbons (Fsp3) is 0.667. The molecule has 0 aliphatic carbocycles. The molecule has 0 saturated carbocycles. The lowest BCUT2D eigenvalue weighted by Crippen LogP contribution is -2.32. The highest BCUT2D eigenvalue weighted by Gasteiger charge is 2.15. The molecular formula is C9H15N5O. The highest BCUT2D eigenvalue weighted by Crippen LogP contribution is 2.11. The predicted molar refractivity (Wildman–Crippen MR) is 54.1 cm³/mol. The van der Waals surface area contributed by atoms with Gasteiger partial charge in [-0.25, -0.2) is 0 Å². The van der Waals surface area contributed by atoms with Gasteiger partial charge in [-0.3, -0.25) is 9.48 Å². The maximum absolute atomic E-state index is 10.8. The molecule has 0 radical (unpaired) electrons. The molecule has 0 bridgehead atoms. The van der Waals surface area contributed by atoms with E-state index >= 15 is 0 Å². The van der Waals surface area contributed by atoms with Crippen molar-refractivity contribution in [2.24, 2.45) is 11.7 Å². The van der Waals surface area contributed by atoms with Gasteiger partial charge in [0.2, 0.25) is 0 Å². The highest BCUT2D eigenvalue weighted by atomic mass is 16.1. The Kier molecular flexibility index (Phi) is 2.96. The summed E-state index contributed by atoms with van der Waals surface area (Å²) in [5.41, 5.74) is 5.33. The second kappa shape index (κ2) is 4.39. The molecule has 1 aliphatic heterocycles. The van der Waals surface area contributed by atoms with E-state index < -0.39 is 5.91 Å². The van der Waals surface area contributed by atoms with E-state index in [-0.39, 0.29) is 5.69 Å². The van der Waals surface area contributed by atoms with Crippen LogP contribution in [0.15, 0.2) is 6.20 Å². The summed E-state index contributed by atoms with van der Waals surface area (Å²) in [6, 6.07) is 0. The summed E-state index contributed by atoms with van der Waals surface area (Å²) in [7, 11) is 0. The van der Waals surface area contributed by atoms with E-state index in [1.54, 1.807) is 10.9 Å². The smallest absolute Gasteiger partial charge is 0.270 e. The lowest BCUT2D eigenvalue weighted by molar-refractivity contribution is 0.0995. The van der Waals surface area contributed by atoms with Crippen molar-refractivity contribution in [1.82, 2.24) is 20.3 Å². The summed E-state index contributed by atoms with van der Waals surface area (Å²) in [5.74, 6) is 0.0456. The SMILES string of the molecule is NC(=O)c1cn(C[C@@H]2CCCNC2)nn1. The highest BCUT2D eigenvalue weighted by molar-refractivity contribution is 5.90. The molecule has 1 atom stereocenters. The normalized spacial score (nSPS) is 21.5. The maximum Gasteiger partial charge on any atom is 0.270 e. The summed E-state index contributed by atoms with van der Waals surface area (Å²) in [6.45, 7) is 2.90. The minimum atomic E-state index is -0.525. The molecule has 1 saturated heterocycles. The third-order valence-electron chi connectivity index (χ3n) is 2.64. The standard InChI is InChI=1S/C9H15N5O/c10-9(15)8-6-14(13-12-8)5-7-2-1-3-11-4-7/h6-7,11H,1-5H2,(H2,10,15)/t7-/m1/s1. The zero-order valence-corrected chi connectivity index (χ0v) is 8.52. The molecule has 0 aromatic carbocycles. The van der Waals surface area contributed by atoms with E-state index in [9.17, 15) is 4.79 Å². The van der Waals surface area contributed by atoms with Crippen LogP contribution in [0, 0.1) is 5.92 Å². The van der Waals surface area contributed by atoms with Crippen molar-refractivity contribution >= 4 is 5.91 Å². The zero-order valence-electron chi connectivity index (χ0n) is 8.52. The van der Waals surface area contributed by atoms with Crippen LogP contribution in [0.1, 0.15) is 23.3 Å². The Bertz CT molecular complexity index is 342. The van der Waals surface area contributed by atoms with E-state index in [4.69, 9.17) is 5.73 Å². The first-order valence-corrected chi connectivity index (χ1v) is 5.16. The Balaban J connectivity index is 1.94. The van der Waals surface area contributed by atoms with Crippen LogP contribution < -0.4 is 11.1 Å². The Labute approximate surface area is 87.8 Å². The third-order valence-corrected chi connectivity index (χ3v) is 2.64. The molecular weight excluding hydrogens is 194 g/mol. The van der Waals surface area contributed by atoms with Crippen LogP contribution in [0.4, 0.5) is 0 Å². The van der Waals surface area contributed by atoms with Gasteiger partial charge in [0, 0.05) is 6.54 Å². The zero-order chi connectivity index (χ0) is 10.7. The summed E-state index contributed by atoms with van der Waals surface area (Å²) in [6.07, 6.45) is 4.00. The minimum Gasteiger partial charge on any atom is -0.364 e. The van der Waals surface area contributed by atoms with Crippen molar-refractivity contribution in [2.45, 2.75) is 19.4 Å². The number of amides is 1. The van der Waals surface area contributed by atoms with Gasteiger partial charge in [0.05, 0.1) is 6.20 Å². The number of rotatable bonds is 3. The third kappa shape index (κ3) is 2.53. The summed E-state index contributed by atoms with van der Waals surface area (Å²) < 4.78 is 1.69. The van der Waals surface area contributed by atoms with Gasteiger partial charge in [0.1, 0.15) is 0 Å². The van der Waals surface area contributed by atoms with Crippen LogP contribution in [-0.2, 0) is 6.54 Å². The van der Waals surface area contributed by atoms with Crippen molar-refractivity contribution in [3.63, 3.8) is 0 Å². The number of hydrogen-bond acceptors (Lipinski definition) is 4. The fourth-order valence-electron chi connectivity index (χ4n) is 1.84. The number of nitrogens with two attached hydrogens (primary N) is 1. The van der Waals surface area contributed by atoms with Crippen molar-refractivity contribution < 1.29 is 4.79 Å². The average molecular weight is 209 g/mol. The number of carbonyl (C=O) groups is 1. The second-order valence-electron chi connectivity index (χ2n) is 3.90. The molecule has 3 N–H and O–H groups in total. The first-order valence-electron chi connectivity index (χ1n) is 5.16. The van der Waals surface area contributed by atoms with Crippen LogP contribution in [0.5, 0.6) is 0 Å². The summed E-state index contributed by atoms with van der Waals surface area (Å²) in [4.78, 5) is 10.8. The van der Waals surface area contributed by atoms with Gasteiger partial charge in [0.25, 0.3) is 5.91 Å². The van der Waals surface area contributed by atoms with Gasteiger partial charge >= 0.3 is 0 Å². The number of hydrogen-bond donors (Lipinski definition) is 2. The number of aromatic nitrogens is 3. The van der Waals surface area contributed by atoms with Gasteiger partial charge < -0.3 is 11.1 Å². The quantitative estimate of drug-likeness (QED) is 0.694. The number of nitrogens with one attached hydrogen (secondary N) is 1. The molecule has 1 amide bonds. The summed E-state index contributed by atoms with van der Waals surface area (Å²) in [5, 5.41) is 10.9. The Morgan fingerprint density at radius 2 is 2.60 bits per heavy atom. The van der Waals surface area contributed by atoms with Crippen LogP contribution in [0.3, 0.4) is 0 Å². The van der Waals surface area contributed by atoms with Crippen molar-refractivity contribution in [3.8, 4) is 0 Å². The van der Waals surface area contributed by atoms with E-state index in [1.165, 1.54) is 12.8 Å². The lowest BCUT2D eigenvalue weighted by atomic mass is 10.00. The monoisotopic (exact) mass is 209 g/mol. The van der Waals surface area contributed by atoms with Crippen molar-refractivity contribution in [2.75, 3.05) is 13.1 Å². The van der Waals surface area contributed by atoms with E-state index in [0.29, 0.717) is 5.92 Å². The van der Waals surface area contributed by atoms with E-state index in [1.807, 2.05) is 0 Å². The van der Waals surface area contributed by atoms with E-state index in [0.717, 1.165) is 19.6 Å². The molecule has 0 unspecified atom stereocenters. The molecule has 2 rings (SSSR count). The molecule has 6 heteroatoms. The van der Waals surface area contributed by atoms with Gasteiger partial charge in [-0.15, -0.1) is 5.10 Å². The first-order chi connectivity index (χ1) is 7.25. The molecule has 2 heterocycles. The fourth-order valence-corrected chi connectivity index (χ4v) is 1.84. The molecule has 1 aliphatic rings. The second-order valence-corrected chi connectivity index (χ2v) is 3.90. The van der Waals surface area contributed by atoms with Crippen LogP contribution in [0.2, 0.25) is 0 Å². The molecule has 6 nitrogen and oxygen atoms in total. The van der Waals surface area contributed by atoms with Crippen LogP contribution >= 0.6 is 0 Å². The Morgan fingerprint density at radius 3 is 3.20 bits per heavy atom. The first kappa shape index (κ1) is 10.1. The molecule has 1 fully saturated rings. The Hall–Kier alpha value is -1.43. The number of carbonyl (C=O) groups excluding carboxylic acids is 1. The molecule has 0 spiro atoms. The molecule has 1 aromatic rings. The lowest BCUT2D eigenvalue weighted by Gasteiger charge is -2.22. The topological polar surface area (TPSA) is 85.8 Å². The number of nitrogens with zero attached hydrogens (tertiary/aromatic N) is 3. The van der Waals surface area contributed by atoms with Crippen LogP contribution in [-0.4, -0.2) is 34.0 Å². The Morgan fingerprint density at radius 1 is 1.73 bits per heavy atom. The molecule has 82 valence electrons. The molecule has 15 heavy (non-hydrogen) atoms.